The summed E-state index contributed by atoms with van der Waals surface area (Å²) in [5.41, 5.74) is 6.67. The van der Waals surface area contributed by atoms with Gasteiger partial charge in [0.05, 0.1) is 11.1 Å². The quantitative estimate of drug-likeness (QED) is 0.709. The molecule has 154 valence electrons. The molecule has 0 bridgehead atoms. The first kappa shape index (κ1) is 22.4. The monoisotopic (exact) mass is 407 g/mol. The lowest BCUT2D eigenvalue weighted by Crippen LogP contribution is -2.56. The summed E-state index contributed by atoms with van der Waals surface area (Å²) in [5, 5.41) is 3.05. The molecule has 3 N–H and O–H groups in total. The zero-order valence-electron chi connectivity index (χ0n) is 16.5. The summed E-state index contributed by atoms with van der Waals surface area (Å²) in [4.78, 5) is 39.9. The van der Waals surface area contributed by atoms with Crippen molar-refractivity contribution in [2.24, 2.45) is 17.6 Å². The van der Waals surface area contributed by atoms with Crippen molar-refractivity contribution in [3.63, 3.8) is 0 Å². The van der Waals surface area contributed by atoms with Crippen LogP contribution in [-0.2, 0) is 4.79 Å². The summed E-state index contributed by atoms with van der Waals surface area (Å²) < 4.78 is 0. The zero-order chi connectivity index (χ0) is 19.6. The Labute approximate surface area is 172 Å². The van der Waals surface area contributed by atoms with Crippen molar-refractivity contribution in [1.29, 1.82) is 0 Å². The Morgan fingerprint density at radius 1 is 1.11 bits per heavy atom. The van der Waals surface area contributed by atoms with Crippen LogP contribution in [0.1, 0.15) is 66.7 Å². The Hall–Kier alpha value is -1.92. The van der Waals surface area contributed by atoms with E-state index in [9.17, 15) is 14.4 Å². The molecule has 1 saturated carbocycles. The zero-order valence-corrected chi connectivity index (χ0v) is 17.3. The van der Waals surface area contributed by atoms with Crippen LogP contribution in [0.3, 0.4) is 0 Å². The molecule has 0 radical (unpaired) electrons. The standard InChI is InChI=1S/C21H29N3O3.ClH/c1-13(2)18(19(25)23-17(12-22)14-8-4-3-5-9-14)24-20(26)15-10-6-7-11-16(15)21(24)27;/h6-7,10-11,13-14,17-18H,3-5,8-9,12,22H2,1-2H3,(H,23,25);1H. The van der Waals surface area contributed by atoms with Crippen LogP contribution >= 0.6 is 12.4 Å². The lowest BCUT2D eigenvalue weighted by molar-refractivity contribution is -0.127. The van der Waals surface area contributed by atoms with Crippen molar-refractivity contribution in [1.82, 2.24) is 10.2 Å². The number of nitrogens with one attached hydrogen (secondary N) is 1. The van der Waals surface area contributed by atoms with Gasteiger partial charge in [-0.3, -0.25) is 19.3 Å². The van der Waals surface area contributed by atoms with Gasteiger partial charge in [0.2, 0.25) is 5.91 Å². The second kappa shape index (κ2) is 9.52. The number of imide groups is 1. The highest BCUT2D eigenvalue weighted by atomic mass is 35.5. The summed E-state index contributed by atoms with van der Waals surface area (Å²) in [7, 11) is 0. The van der Waals surface area contributed by atoms with Crippen molar-refractivity contribution in [3.05, 3.63) is 35.4 Å². The molecule has 2 atom stereocenters. The van der Waals surface area contributed by atoms with E-state index in [0.717, 1.165) is 30.6 Å². The minimum atomic E-state index is -0.838. The number of benzene rings is 1. The topological polar surface area (TPSA) is 92.5 Å². The molecular formula is C21H30ClN3O3. The molecule has 28 heavy (non-hydrogen) atoms. The number of hydrogen-bond donors (Lipinski definition) is 2. The van der Waals surface area contributed by atoms with Crippen LogP contribution in [0.2, 0.25) is 0 Å². The third-order valence-corrected chi connectivity index (χ3v) is 5.80. The Morgan fingerprint density at radius 3 is 2.11 bits per heavy atom. The van der Waals surface area contributed by atoms with Crippen LogP contribution in [0.25, 0.3) is 0 Å². The van der Waals surface area contributed by atoms with E-state index in [-0.39, 0.29) is 30.3 Å². The van der Waals surface area contributed by atoms with Gasteiger partial charge >= 0.3 is 0 Å². The van der Waals surface area contributed by atoms with Gasteiger partial charge in [0, 0.05) is 12.6 Å². The normalized spacial score (nSPS) is 19.2. The van der Waals surface area contributed by atoms with Crippen LogP contribution in [0, 0.1) is 11.8 Å². The summed E-state index contributed by atoms with van der Waals surface area (Å²) in [6.45, 7) is 4.07. The lowest BCUT2D eigenvalue weighted by Gasteiger charge is -2.34. The van der Waals surface area contributed by atoms with Gasteiger partial charge in [-0.05, 0) is 36.8 Å². The number of nitrogens with zero attached hydrogens (tertiary/aromatic N) is 1. The number of hydrogen-bond acceptors (Lipinski definition) is 4. The van der Waals surface area contributed by atoms with Crippen LogP contribution < -0.4 is 11.1 Å². The summed E-state index contributed by atoms with van der Waals surface area (Å²) in [5.74, 6) is -0.918. The molecule has 0 saturated heterocycles. The predicted octanol–water partition coefficient (Wildman–Crippen LogP) is 2.75. The summed E-state index contributed by atoms with van der Waals surface area (Å²) >= 11 is 0. The van der Waals surface area contributed by atoms with E-state index in [1.165, 1.54) is 6.42 Å². The summed E-state index contributed by atoms with van der Waals surface area (Å²) in [6.07, 6.45) is 5.65. The largest absolute Gasteiger partial charge is 0.350 e. The highest BCUT2D eigenvalue weighted by Crippen LogP contribution is 2.29. The van der Waals surface area contributed by atoms with E-state index in [2.05, 4.69) is 5.32 Å². The Morgan fingerprint density at radius 2 is 1.64 bits per heavy atom. The van der Waals surface area contributed by atoms with Gasteiger partial charge in [-0.2, -0.15) is 0 Å². The number of amides is 3. The van der Waals surface area contributed by atoms with E-state index in [4.69, 9.17) is 5.73 Å². The van der Waals surface area contributed by atoms with Crippen LogP contribution in [-0.4, -0.2) is 41.2 Å². The number of carbonyl (C=O) groups is 3. The highest BCUT2D eigenvalue weighted by Gasteiger charge is 2.44. The molecule has 0 spiro atoms. The third kappa shape index (κ3) is 4.23. The number of nitrogens with two attached hydrogens (primary N) is 1. The van der Waals surface area contributed by atoms with E-state index in [1.807, 2.05) is 13.8 Å². The maximum Gasteiger partial charge on any atom is 0.262 e. The fourth-order valence-electron chi connectivity index (χ4n) is 4.35. The molecule has 1 aromatic rings. The fraction of sp³-hybridized carbons (Fsp3) is 0.571. The third-order valence-electron chi connectivity index (χ3n) is 5.80. The van der Waals surface area contributed by atoms with Crippen molar-refractivity contribution in [3.8, 4) is 0 Å². The average Bonchev–Trinajstić information content (AvgIpc) is 2.92. The van der Waals surface area contributed by atoms with Crippen molar-refractivity contribution >= 4 is 30.1 Å². The molecule has 7 heteroatoms. The van der Waals surface area contributed by atoms with Gasteiger partial charge in [-0.1, -0.05) is 45.2 Å². The molecular weight excluding hydrogens is 378 g/mol. The molecule has 1 aliphatic carbocycles. The molecule has 1 heterocycles. The molecule has 3 amide bonds. The van der Waals surface area contributed by atoms with Crippen LogP contribution in [0.15, 0.2) is 24.3 Å². The van der Waals surface area contributed by atoms with E-state index in [1.54, 1.807) is 24.3 Å². The molecule has 6 nitrogen and oxygen atoms in total. The molecule has 1 fully saturated rings. The Kier molecular flexibility index (Phi) is 7.61. The fourth-order valence-corrected chi connectivity index (χ4v) is 4.35. The number of rotatable bonds is 6. The molecule has 1 aromatic carbocycles. The molecule has 1 aliphatic heterocycles. The number of halogens is 1. The molecule has 0 aromatic heterocycles. The second-order valence-electron chi connectivity index (χ2n) is 7.96. The van der Waals surface area contributed by atoms with E-state index in [0.29, 0.717) is 23.6 Å². The van der Waals surface area contributed by atoms with Gasteiger partial charge in [0.15, 0.2) is 0 Å². The van der Waals surface area contributed by atoms with Gasteiger partial charge in [-0.15, -0.1) is 12.4 Å². The predicted molar refractivity (Wildman–Crippen MR) is 110 cm³/mol. The smallest absolute Gasteiger partial charge is 0.262 e. The maximum atomic E-state index is 13.1. The Bertz CT molecular complexity index is 696. The second-order valence-corrected chi connectivity index (χ2v) is 7.96. The van der Waals surface area contributed by atoms with Gasteiger partial charge in [0.25, 0.3) is 11.8 Å². The Balaban J connectivity index is 0.00000280. The summed E-state index contributed by atoms with van der Waals surface area (Å²) in [6, 6.07) is 5.77. The first-order chi connectivity index (χ1) is 13.0. The molecule has 2 aliphatic rings. The molecule has 3 rings (SSSR count). The SMILES string of the molecule is CC(C)C(C(=O)NC(CN)C1CCCCC1)N1C(=O)c2ccccc2C1=O.Cl. The van der Waals surface area contributed by atoms with Gasteiger partial charge in [-0.25, -0.2) is 0 Å². The molecule has 2 unspecified atom stereocenters. The lowest BCUT2D eigenvalue weighted by atomic mass is 9.83. The average molecular weight is 408 g/mol. The van der Waals surface area contributed by atoms with Crippen molar-refractivity contribution in [2.45, 2.75) is 58.0 Å². The van der Waals surface area contributed by atoms with E-state index >= 15 is 0 Å². The van der Waals surface area contributed by atoms with Crippen molar-refractivity contribution < 1.29 is 14.4 Å². The van der Waals surface area contributed by atoms with Crippen LogP contribution in [0.4, 0.5) is 0 Å². The maximum absolute atomic E-state index is 13.1. The minimum absolute atomic E-state index is 0. The first-order valence-electron chi connectivity index (χ1n) is 9.93. The van der Waals surface area contributed by atoms with Crippen molar-refractivity contribution in [2.75, 3.05) is 6.54 Å². The van der Waals surface area contributed by atoms with Gasteiger partial charge in [0.1, 0.15) is 6.04 Å². The van der Waals surface area contributed by atoms with Crippen LogP contribution in [0.5, 0.6) is 0 Å². The minimum Gasteiger partial charge on any atom is -0.350 e. The first-order valence-corrected chi connectivity index (χ1v) is 9.93. The van der Waals surface area contributed by atoms with Gasteiger partial charge < -0.3 is 11.1 Å². The number of fused-ring (bicyclic) bond motifs is 1. The van der Waals surface area contributed by atoms with E-state index < -0.39 is 17.9 Å². The highest BCUT2D eigenvalue weighted by molar-refractivity contribution is 6.22. The number of carbonyl (C=O) groups excluding carboxylic acids is 3.